The zero-order valence-corrected chi connectivity index (χ0v) is 16.6. The number of thioether (sulfide) groups is 1. The molecule has 0 atom stereocenters. The molecule has 0 radical (unpaired) electrons. The number of anilines is 1. The van der Waals surface area contributed by atoms with E-state index in [1.807, 2.05) is 19.9 Å². The van der Waals surface area contributed by atoms with Crippen LogP contribution in [0.5, 0.6) is 0 Å². The van der Waals surface area contributed by atoms with Crippen LogP contribution in [0.4, 0.5) is 5.13 Å². The molecule has 136 valence electrons. The van der Waals surface area contributed by atoms with Gasteiger partial charge in [0.1, 0.15) is 16.0 Å². The zero-order chi connectivity index (χ0) is 18.7. The van der Waals surface area contributed by atoms with Gasteiger partial charge < -0.3 is 10.1 Å². The molecule has 26 heavy (non-hydrogen) atoms. The van der Waals surface area contributed by atoms with Crippen molar-refractivity contribution >= 4 is 34.2 Å². The Morgan fingerprint density at radius 1 is 1.46 bits per heavy atom. The maximum Gasteiger partial charge on any atom is 0.350 e. The number of rotatable bonds is 7. The lowest BCUT2D eigenvalue weighted by Gasteiger charge is -2.07. The first-order chi connectivity index (χ1) is 12.5. The largest absolute Gasteiger partial charge is 0.462 e. The van der Waals surface area contributed by atoms with Crippen molar-refractivity contribution in [3.05, 3.63) is 33.5 Å². The fourth-order valence-corrected chi connectivity index (χ4v) is 4.54. The van der Waals surface area contributed by atoms with Gasteiger partial charge in [-0.3, -0.25) is 0 Å². The summed E-state index contributed by atoms with van der Waals surface area (Å²) < 4.78 is 5.16. The van der Waals surface area contributed by atoms with Gasteiger partial charge >= 0.3 is 5.97 Å². The fraction of sp³-hybridized carbons (Fsp3) is 0.444. The summed E-state index contributed by atoms with van der Waals surface area (Å²) in [6, 6.07) is 4.58. The molecule has 3 rings (SSSR count). The standard InChI is InChI=1S/C18H20N4O2S2/c1-4-24-17(23)15-14(22-18(26-15)21-12-5-6-12)9-25-16-13(8-19)10(2)7-11(3)20-16/h7,12H,4-6,9H2,1-3H3,(H,21,22). The molecule has 8 heteroatoms. The molecule has 1 aliphatic carbocycles. The highest BCUT2D eigenvalue weighted by molar-refractivity contribution is 7.98. The van der Waals surface area contributed by atoms with Crippen molar-refractivity contribution in [1.82, 2.24) is 9.97 Å². The summed E-state index contributed by atoms with van der Waals surface area (Å²) in [5.41, 5.74) is 3.02. The lowest BCUT2D eigenvalue weighted by atomic mass is 10.1. The van der Waals surface area contributed by atoms with E-state index in [0.717, 1.165) is 29.2 Å². The lowest BCUT2D eigenvalue weighted by Crippen LogP contribution is -2.05. The van der Waals surface area contributed by atoms with Crippen LogP contribution in [0.1, 0.15) is 52.0 Å². The van der Waals surface area contributed by atoms with Gasteiger partial charge in [0, 0.05) is 17.5 Å². The highest BCUT2D eigenvalue weighted by atomic mass is 32.2. The third kappa shape index (κ3) is 4.34. The second-order valence-electron chi connectivity index (χ2n) is 6.10. The summed E-state index contributed by atoms with van der Waals surface area (Å²) in [5.74, 6) is 0.111. The Balaban J connectivity index is 1.83. The van der Waals surface area contributed by atoms with E-state index in [9.17, 15) is 10.1 Å². The van der Waals surface area contributed by atoms with Crippen LogP contribution in [0, 0.1) is 25.2 Å². The molecule has 6 nitrogen and oxygen atoms in total. The van der Waals surface area contributed by atoms with E-state index in [2.05, 4.69) is 21.4 Å². The van der Waals surface area contributed by atoms with E-state index in [1.54, 1.807) is 6.92 Å². The Morgan fingerprint density at radius 2 is 2.23 bits per heavy atom. The van der Waals surface area contributed by atoms with Crippen molar-refractivity contribution in [1.29, 1.82) is 5.26 Å². The van der Waals surface area contributed by atoms with Crippen LogP contribution in [0.2, 0.25) is 0 Å². The molecule has 0 aromatic carbocycles. The van der Waals surface area contributed by atoms with Crippen LogP contribution in [-0.2, 0) is 10.5 Å². The van der Waals surface area contributed by atoms with Crippen LogP contribution in [0.3, 0.4) is 0 Å². The number of hydrogen-bond acceptors (Lipinski definition) is 8. The number of aryl methyl sites for hydroxylation is 2. The Hall–Kier alpha value is -2.11. The smallest absolute Gasteiger partial charge is 0.350 e. The third-order valence-corrected chi connectivity index (χ3v) is 5.83. The molecule has 0 bridgehead atoms. The number of aromatic nitrogens is 2. The maximum atomic E-state index is 12.3. The Kier molecular flexibility index (Phi) is 5.79. The van der Waals surface area contributed by atoms with E-state index in [1.165, 1.54) is 23.1 Å². The summed E-state index contributed by atoms with van der Waals surface area (Å²) in [6.07, 6.45) is 2.27. The normalized spacial score (nSPS) is 13.3. The van der Waals surface area contributed by atoms with Gasteiger partial charge in [0.05, 0.1) is 17.9 Å². The fourth-order valence-electron chi connectivity index (χ4n) is 2.45. The molecular formula is C18H20N4O2S2. The van der Waals surface area contributed by atoms with E-state index in [0.29, 0.717) is 39.6 Å². The molecule has 0 unspecified atom stereocenters. The predicted octanol–water partition coefficient (Wildman–Crippen LogP) is 4.07. The summed E-state index contributed by atoms with van der Waals surface area (Å²) >= 11 is 2.76. The van der Waals surface area contributed by atoms with E-state index in [4.69, 9.17) is 4.74 Å². The second kappa shape index (κ2) is 8.06. The predicted molar refractivity (Wildman–Crippen MR) is 103 cm³/mol. The molecule has 1 N–H and O–H groups in total. The third-order valence-electron chi connectivity index (χ3n) is 3.83. The number of pyridine rings is 1. The van der Waals surface area contributed by atoms with Gasteiger partial charge in [-0.05, 0) is 45.2 Å². The van der Waals surface area contributed by atoms with Crippen LogP contribution in [0.25, 0.3) is 0 Å². The van der Waals surface area contributed by atoms with Crippen molar-refractivity contribution < 1.29 is 9.53 Å². The summed E-state index contributed by atoms with van der Waals surface area (Å²) in [5, 5.41) is 14.2. The topological polar surface area (TPSA) is 87.9 Å². The first-order valence-corrected chi connectivity index (χ1v) is 10.3. The lowest BCUT2D eigenvalue weighted by molar-refractivity contribution is 0.0531. The SMILES string of the molecule is CCOC(=O)c1sc(NC2CC2)nc1CSc1nc(C)cc(C)c1C#N. The van der Waals surface area contributed by atoms with Crippen LogP contribution in [-0.4, -0.2) is 28.6 Å². The molecule has 0 aliphatic heterocycles. The average Bonchev–Trinajstić information content (AvgIpc) is 3.30. The maximum absolute atomic E-state index is 12.3. The van der Waals surface area contributed by atoms with Crippen molar-refractivity contribution in [3.63, 3.8) is 0 Å². The summed E-state index contributed by atoms with van der Waals surface area (Å²) in [7, 11) is 0. The Morgan fingerprint density at radius 3 is 2.88 bits per heavy atom. The summed E-state index contributed by atoms with van der Waals surface area (Å²) in [6.45, 7) is 5.92. The van der Waals surface area contributed by atoms with Gasteiger partial charge in [0.25, 0.3) is 0 Å². The monoisotopic (exact) mass is 388 g/mol. The van der Waals surface area contributed by atoms with Crippen molar-refractivity contribution in [3.8, 4) is 6.07 Å². The minimum absolute atomic E-state index is 0.325. The van der Waals surface area contributed by atoms with Gasteiger partial charge in [-0.25, -0.2) is 14.8 Å². The van der Waals surface area contributed by atoms with Gasteiger partial charge in [-0.1, -0.05) is 23.1 Å². The number of carbonyl (C=O) groups excluding carboxylic acids is 1. The molecule has 2 aromatic rings. The van der Waals surface area contributed by atoms with Gasteiger partial charge in [0.15, 0.2) is 5.13 Å². The highest BCUT2D eigenvalue weighted by Crippen LogP contribution is 2.33. The highest BCUT2D eigenvalue weighted by Gasteiger charge is 2.25. The van der Waals surface area contributed by atoms with Crippen molar-refractivity contribution in [2.45, 2.75) is 50.4 Å². The Labute approximate surface area is 161 Å². The van der Waals surface area contributed by atoms with Crippen LogP contribution >= 0.6 is 23.1 Å². The number of thiazole rings is 1. The van der Waals surface area contributed by atoms with Crippen LogP contribution < -0.4 is 5.32 Å². The number of carbonyl (C=O) groups is 1. The van der Waals surface area contributed by atoms with E-state index in [-0.39, 0.29) is 5.97 Å². The van der Waals surface area contributed by atoms with Crippen molar-refractivity contribution in [2.24, 2.45) is 0 Å². The quantitative estimate of drug-likeness (QED) is 0.565. The number of hydrogen-bond donors (Lipinski definition) is 1. The molecule has 0 spiro atoms. The molecule has 1 fully saturated rings. The first kappa shape index (κ1) is 18.7. The molecule has 1 aliphatic rings. The van der Waals surface area contributed by atoms with Gasteiger partial charge in [0.2, 0.25) is 0 Å². The minimum atomic E-state index is -0.349. The molecule has 2 heterocycles. The van der Waals surface area contributed by atoms with Gasteiger partial charge in [-0.15, -0.1) is 0 Å². The summed E-state index contributed by atoms with van der Waals surface area (Å²) in [4.78, 5) is 21.8. The van der Waals surface area contributed by atoms with E-state index < -0.39 is 0 Å². The number of esters is 1. The second-order valence-corrected chi connectivity index (χ2v) is 8.06. The minimum Gasteiger partial charge on any atom is -0.462 e. The molecule has 2 aromatic heterocycles. The number of nitrogens with one attached hydrogen (secondary N) is 1. The molecule has 0 amide bonds. The molecule has 0 saturated heterocycles. The molecule has 1 saturated carbocycles. The van der Waals surface area contributed by atoms with Crippen LogP contribution in [0.15, 0.2) is 11.1 Å². The first-order valence-electron chi connectivity index (χ1n) is 8.46. The van der Waals surface area contributed by atoms with E-state index >= 15 is 0 Å². The Bertz CT molecular complexity index is 869. The zero-order valence-electron chi connectivity index (χ0n) is 15.0. The number of ether oxygens (including phenoxy) is 1. The number of nitriles is 1. The van der Waals surface area contributed by atoms with Gasteiger partial charge in [-0.2, -0.15) is 5.26 Å². The number of nitrogens with zero attached hydrogens (tertiary/aromatic N) is 3. The molecular weight excluding hydrogens is 368 g/mol. The average molecular weight is 389 g/mol. The van der Waals surface area contributed by atoms with Crippen molar-refractivity contribution in [2.75, 3.05) is 11.9 Å².